The van der Waals surface area contributed by atoms with Crippen LogP contribution < -0.4 is 5.73 Å². The van der Waals surface area contributed by atoms with E-state index in [9.17, 15) is 4.79 Å². The van der Waals surface area contributed by atoms with Gasteiger partial charge in [-0.05, 0) is 13.3 Å². The lowest BCUT2D eigenvalue weighted by Gasteiger charge is -2.29. The molecule has 1 saturated heterocycles. The Morgan fingerprint density at radius 2 is 2.20 bits per heavy atom. The number of nitrogens with two attached hydrogens (primary N) is 1. The molecule has 1 fully saturated rings. The van der Waals surface area contributed by atoms with Gasteiger partial charge in [0.1, 0.15) is 6.04 Å². The average molecular weight is 281 g/mol. The SMILES string of the molecule is CCCC(N)c1cn(C(C)C(=O)N2CCOCC2)nn1. The molecule has 2 heterocycles. The first-order valence-corrected chi connectivity index (χ1v) is 7.17. The summed E-state index contributed by atoms with van der Waals surface area (Å²) >= 11 is 0. The fraction of sp³-hybridized carbons (Fsp3) is 0.769. The molecular weight excluding hydrogens is 258 g/mol. The summed E-state index contributed by atoms with van der Waals surface area (Å²) in [6.45, 7) is 6.39. The van der Waals surface area contributed by atoms with E-state index in [4.69, 9.17) is 10.5 Å². The highest BCUT2D eigenvalue weighted by Gasteiger charge is 2.25. The highest BCUT2D eigenvalue weighted by Crippen LogP contribution is 2.16. The van der Waals surface area contributed by atoms with Crippen molar-refractivity contribution >= 4 is 5.91 Å². The first kappa shape index (κ1) is 14.9. The van der Waals surface area contributed by atoms with Crippen LogP contribution in [0.15, 0.2) is 6.20 Å². The summed E-state index contributed by atoms with van der Waals surface area (Å²) in [5.41, 5.74) is 6.75. The summed E-state index contributed by atoms with van der Waals surface area (Å²) in [7, 11) is 0. The van der Waals surface area contributed by atoms with Crippen molar-refractivity contribution in [2.75, 3.05) is 26.3 Å². The van der Waals surface area contributed by atoms with Crippen LogP contribution in [-0.2, 0) is 9.53 Å². The lowest BCUT2D eigenvalue weighted by Crippen LogP contribution is -2.43. The zero-order chi connectivity index (χ0) is 14.5. The molecule has 0 aliphatic carbocycles. The van der Waals surface area contributed by atoms with E-state index in [1.165, 1.54) is 0 Å². The molecule has 2 N–H and O–H groups in total. The molecule has 112 valence electrons. The number of hydrogen-bond acceptors (Lipinski definition) is 5. The van der Waals surface area contributed by atoms with E-state index in [0.717, 1.165) is 18.5 Å². The molecule has 2 unspecified atom stereocenters. The lowest BCUT2D eigenvalue weighted by molar-refractivity contribution is -0.138. The van der Waals surface area contributed by atoms with E-state index in [2.05, 4.69) is 17.2 Å². The largest absolute Gasteiger partial charge is 0.378 e. The van der Waals surface area contributed by atoms with Crippen molar-refractivity contribution in [2.24, 2.45) is 5.73 Å². The van der Waals surface area contributed by atoms with Crippen LogP contribution in [0.5, 0.6) is 0 Å². The maximum Gasteiger partial charge on any atom is 0.247 e. The number of aromatic nitrogens is 3. The number of amides is 1. The summed E-state index contributed by atoms with van der Waals surface area (Å²) in [4.78, 5) is 14.2. The van der Waals surface area contributed by atoms with Crippen molar-refractivity contribution in [3.05, 3.63) is 11.9 Å². The highest BCUT2D eigenvalue weighted by molar-refractivity contribution is 5.80. The van der Waals surface area contributed by atoms with Gasteiger partial charge < -0.3 is 15.4 Å². The van der Waals surface area contributed by atoms with Gasteiger partial charge in [0.05, 0.1) is 31.1 Å². The monoisotopic (exact) mass is 281 g/mol. The van der Waals surface area contributed by atoms with Crippen LogP contribution in [0.3, 0.4) is 0 Å². The van der Waals surface area contributed by atoms with Gasteiger partial charge in [0, 0.05) is 13.1 Å². The Kier molecular flexibility index (Phi) is 5.08. The zero-order valence-corrected chi connectivity index (χ0v) is 12.2. The Hall–Kier alpha value is -1.47. The van der Waals surface area contributed by atoms with Crippen LogP contribution in [0.1, 0.15) is 44.5 Å². The number of rotatable bonds is 5. The first-order valence-electron chi connectivity index (χ1n) is 7.17. The molecule has 2 rings (SSSR count). The summed E-state index contributed by atoms with van der Waals surface area (Å²) < 4.78 is 6.85. The Balaban J connectivity index is 2.01. The Morgan fingerprint density at radius 3 is 2.85 bits per heavy atom. The maximum absolute atomic E-state index is 12.4. The minimum absolute atomic E-state index is 0.0498. The first-order chi connectivity index (χ1) is 9.63. The molecule has 1 aliphatic heterocycles. The second kappa shape index (κ2) is 6.81. The van der Waals surface area contributed by atoms with Crippen molar-refractivity contribution < 1.29 is 9.53 Å². The molecule has 7 nitrogen and oxygen atoms in total. The molecule has 2 atom stereocenters. The third-order valence-corrected chi connectivity index (χ3v) is 3.58. The predicted molar refractivity (Wildman–Crippen MR) is 74.0 cm³/mol. The molecule has 1 aromatic heterocycles. The molecule has 1 aliphatic rings. The topological polar surface area (TPSA) is 86.3 Å². The third kappa shape index (κ3) is 3.34. The Morgan fingerprint density at radius 1 is 1.50 bits per heavy atom. The smallest absolute Gasteiger partial charge is 0.247 e. The number of ether oxygens (including phenoxy) is 1. The molecule has 0 spiro atoms. The number of nitrogens with zero attached hydrogens (tertiary/aromatic N) is 4. The van der Waals surface area contributed by atoms with Crippen LogP contribution in [0.2, 0.25) is 0 Å². The molecule has 0 radical (unpaired) electrons. The molecule has 1 aromatic rings. The predicted octanol–water partition coefficient (Wildman–Crippen LogP) is 0.498. The average Bonchev–Trinajstić information content (AvgIpc) is 2.97. The van der Waals surface area contributed by atoms with Crippen LogP contribution >= 0.6 is 0 Å². The van der Waals surface area contributed by atoms with Crippen LogP contribution in [0.4, 0.5) is 0 Å². The minimum atomic E-state index is -0.358. The van der Waals surface area contributed by atoms with E-state index in [-0.39, 0.29) is 18.0 Å². The van der Waals surface area contributed by atoms with E-state index >= 15 is 0 Å². The second-order valence-corrected chi connectivity index (χ2v) is 5.13. The number of hydrogen-bond donors (Lipinski definition) is 1. The van der Waals surface area contributed by atoms with Crippen molar-refractivity contribution in [2.45, 2.75) is 38.8 Å². The van der Waals surface area contributed by atoms with E-state index < -0.39 is 0 Å². The van der Waals surface area contributed by atoms with Crippen LogP contribution in [0.25, 0.3) is 0 Å². The van der Waals surface area contributed by atoms with Gasteiger partial charge in [-0.3, -0.25) is 4.79 Å². The fourth-order valence-corrected chi connectivity index (χ4v) is 2.27. The van der Waals surface area contributed by atoms with Crippen LogP contribution in [-0.4, -0.2) is 52.1 Å². The summed E-state index contributed by atoms with van der Waals surface area (Å²) in [5, 5.41) is 8.12. The van der Waals surface area contributed by atoms with Gasteiger partial charge in [-0.25, -0.2) is 4.68 Å². The third-order valence-electron chi connectivity index (χ3n) is 3.58. The zero-order valence-electron chi connectivity index (χ0n) is 12.2. The van der Waals surface area contributed by atoms with Crippen LogP contribution in [0, 0.1) is 0 Å². The van der Waals surface area contributed by atoms with Crippen molar-refractivity contribution in [1.29, 1.82) is 0 Å². The van der Waals surface area contributed by atoms with Gasteiger partial charge in [-0.2, -0.15) is 0 Å². The summed E-state index contributed by atoms with van der Waals surface area (Å²) in [6.07, 6.45) is 3.64. The standard InChI is InChI=1S/C13H23N5O2/c1-3-4-11(14)12-9-18(16-15-12)10(2)13(19)17-5-7-20-8-6-17/h9-11H,3-8,14H2,1-2H3. The summed E-state index contributed by atoms with van der Waals surface area (Å²) in [5.74, 6) is 0.0498. The fourth-order valence-electron chi connectivity index (χ4n) is 2.27. The maximum atomic E-state index is 12.4. The van der Waals surface area contributed by atoms with Gasteiger partial charge in [0.25, 0.3) is 0 Å². The molecule has 0 saturated carbocycles. The number of morpholine rings is 1. The van der Waals surface area contributed by atoms with Gasteiger partial charge in [0.15, 0.2) is 0 Å². The van der Waals surface area contributed by atoms with Crippen molar-refractivity contribution in [3.8, 4) is 0 Å². The lowest BCUT2D eigenvalue weighted by atomic mass is 10.1. The normalized spacial score (nSPS) is 18.9. The van der Waals surface area contributed by atoms with Gasteiger partial charge >= 0.3 is 0 Å². The quantitative estimate of drug-likeness (QED) is 0.849. The summed E-state index contributed by atoms with van der Waals surface area (Å²) in [6, 6.07) is -0.470. The van der Waals surface area contributed by atoms with E-state index in [1.54, 1.807) is 10.9 Å². The Bertz CT molecular complexity index is 442. The number of carbonyl (C=O) groups excluding carboxylic acids is 1. The van der Waals surface area contributed by atoms with Crippen molar-refractivity contribution in [1.82, 2.24) is 19.9 Å². The minimum Gasteiger partial charge on any atom is -0.378 e. The molecule has 1 amide bonds. The molecule has 0 aromatic carbocycles. The molecule has 0 bridgehead atoms. The highest BCUT2D eigenvalue weighted by atomic mass is 16.5. The van der Waals surface area contributed by atoms with E-state index in [1.807, 2.05) is 11.8 Å². The van der Waals surface area contributed by atoms with E-state index in [0.29, 0.717) is 26.3 Å². The van der Waals surface area contributed by atoms with Gasteiger partial charge in [-0.15, -0.1) is 5.10 Å². The van der Waals surface area contributed by atoms with Crippen molar-refractivity contribution in [3.63, 3.8) is 0 Å². The molecule has 7 heteroatoms. The number of carbonyl (C=O) groups is 1. The second-order valence-electron chi connectivity index (χ2n) is 5.13. The van der Waals surface area contributed by atoms with Gasteiger partial charge in [-0.1, -0.05) is 18.6 Å². The Labute approximate surface area is 119 Å². The molecular formula is C13H23N5O2. The van der Waals surface area contributed by atoms with Gasteiger partial charge in [0.2, 0.25) is 5.91 Å². The molecule has 20 heavy (non-hydrogen) atoms.